The van der Waals surface area contributed by atoms with Crippen LogP contribution in [0.4, 0.5) is 4.79 Å². The molecule has 0 spiro atoms. The molecule has 3 rings (SSSR count). The smallest absolute Gasteiger partial charge is 0.410 e. The lowest BCUT2D eigenvalue weighted by atomic mass is 9.98. The first-order valence-electron chi connectivity index (χ1n) is 13.5. The molecule has 0 saturated carbocycles. The molecule has 2 heterocycles. The number of aliphatic hydroxyl groups excluding tert-OH is 1. The minimum atomic E-state index is -0.610. The maximum Gasteiger partial charge on any atom is 0.410 e. The molecule has 0 radical (unpaired) electrons. The van der Waals surface area contributed by atoms with Crippen molar-refractivity contribution in [1.29, 1.82) is 0 Å². The van der Waals surface area contributed by atoms with Crippen molar-refractivity contribution in [2.24, 2.45) is 5.92 Å². The lowest BCUT2D eigenvalue weighted by Crippen LogP contribution is -2.59. The van der Waals surface area contributed by atoms with E-state index in [1.807, 2.05) is 78.8 Å². The predicted octanol–water partition coefficient (Wildman–Crippen LogP) is 3.78. The van der Waals surface area contributed by atoms with Gasteiger partial charge in [0.2, 0.25) is 0 Å². The van der Waals surface area contributed by atoms with E-state index in [0.717, 1.165) is 5.56 Å². The van der Waals surface area contributed by atoms with E-state index in [9.17, 15) is 19.5 Å². The number of hydrogen-bond donors (Lipinski definition) is 2. The van der Waals surface area contributed by atoms with Gasteiger partial charge in [-0.3, -0.25) is 9.59 Å². The van der Waals surface area contributed by atoms with E-state index in [1.165, 1.54) is 0 Å². The Morgan fingerprint density at radius 3 is 2.31 bits per heavy atom. The third kappa shape index (κ3) is 7.53. The van der Waals surface area contributed by atoms with Crippen LogP contribution >= 0.6 is 0 Å². The van der Waals surface area contributed by atoms with Crippen molar-refractivity contribution in [3.8, 4) is 0 Å². The zero-order valence-corrected chi connectivity index (χ0v) is 24.0. The molecule has 2 unspecified atom stereocenters. The van der Waals surface area contributed by atoms with Crippen molar-refractivity contribution in [3.05, 3.63) is 58.9 Å². The fourth-order valence-electron chi connectivity index (χ4n) is 4.55. The summed E-state index contributed by atoms with van der Waals surface area (Å²) in [5.41, 5.74) is 1.00. The van der Waals surface area contributed by atoms with Crippen LogP contribution in [-0.4, -0.2) is 80.9 Å². The Kier molecular flexibility index (Phi) is 9.66. The van der Waals surface area contributed by atoms with E-state index in [1.54, 1.807) is 15.9 Å². The lowest BCUT2D eigenvalue weighted by Gasteiger charge is -2.43. The number of carbonyl (C=O) groups excluding carboxylic acids is 3. The standard InChI is InChI=1S/C29H41N5O5/c1-18(2)21-15-22(31-32-25(21)26(36)30-23(17-35)20-11-9-8-10-12-20)27(37)33-13-14-34(24(16-33)19(3)4)28(38)39-29(5,6)7/h8-12,15,18-19,23-24,35H,13-14,16-17H2,1-7H3,(H,30,36). The summed E-state index contributed by atoms with van der Waals surface area (Å²) in [6, 6.07) is 9.98. The van der Waals surface area contributed by atoms with Crippen LogP contribution in [-0.2, 0) is 4.74 Å². The molecule has 10 nitrogen and oxygen atoms in total. The number of aliphatic hydroxyl groups is 1. The Morgan fingerprint density at radius 2 is 1.74 bits per heavy atom. The minimum absolute atomic E-state index is 0.0978. The maximum atomic E-state index is 13.5. The highest BCUT2D eigenvalue weighted by Gasteiger charge is 2.37. The summed E-state index contributed by atoms with van der Waals surface area (Å²) in [6.07, 6.45) is -0.387. The highest BCUT2D eigenvalue weighted by Crippen LogP contribution is 2.24. The number of ether oxygens (including phenoxy) is 1. The van der Waals surface area contributed by atoms with Gasteiger partial charge in [-0.15, -0.1) is 10.2 Å². The van der Waals surface area contributed by atoms with Crippen LogP contribution in [0, 0.1) is 5.92 Å². The van der Waals surface area contributed by atoms with E-state index in [4.69, 9.17) is 4.74 Å². The number of piperazine rings is 1. The van der Waals surface area contributed by atoms with E-state index < -0.39 is 17.6 Å². The fourth-order valence-corrected chi connectivity index (χ4v) is 4.55. The number of hydrogen-bond acceptors (Lipinski definition) is 7. The lowest BCUT2D eigenvalue weighted by molar-refractivity contribution is -0.00804. The average Bonchev–Trinajstić information content (AvgIpc) is 2.89. The Labute approximate surface area is 230 Å². The van der Waals surface area contributed by atoms with Gasteiger partial charge in [-0.1, -0.05) is 58.0 Å². The van der Waals surface area contributed by atoms with Crippen LogP contribution in [0.3, 0.4) is 0 Å². The second kappa shape index (κ2) is 12.5. The summed E-state index contributed by atoms with van der Waals surface area (Å²) in [6.45, 7) is 14.1. The first-order chi connectivity index (χ1) is 18.3. The second-order valence-corrected chi connectivity index (χ2v) is 11.5. The van der Waals surface area contributed by atoms with Gasteiger partial charge < -0.3 is 25.0 Å². The first kappa shape index (κ1) is 30.0. The molecule has 39 heavy (non-hydrogen) atoms. The molecule has 212 valence electrons. The highest BCUT2D eigenvalue weighted by molar-refractivity contribution is 5.96. The quantitative estimate of drug-likeness (QED) is 0.549. The SMILES string of the molecule is CC(C)c1cc(C(=O)N2CCN(C(=O)OC(C)(C)C)C(C(C)C)C2)nnc1C(=O)NC(CO)c1ccccc1. The minimum Gasteiger partial charge on any atom is -0.444 e. The number of amides is 3. The molecule has 1 aromatic heterocycles. The first-order valence-corrected chi connectivity index (χ1v) is 13.5. The number of aromatic nitrogens is 2. The van der Waals surface area contributed by atoms with E-state index in [0.29, 0.717) is 25.2 Å². The van der Waals surface area contributed by atoms with Crippen LogP contribution < -0.4 is 5.32 Å². The molecule has 2 N–H and O–H groups in total. The molecule has 0 aliphatic carbocycles. The molecule has 1 saturated heterocycles. The summed E-state index contributed by atoms with van der Waals surface area (Å²) in [7, 11) is 0. The number of benzene rings is 1. The molecule has 1 aromatic carbocycles. The number of nitrogens with zero attached hydrogens (tertiary/aromatic N) is 4. The monoisotopic (exact) mass is 539 g/mol. The molecule has 2 aromatic rings. The van der Waals surface area contributed by atoms with Crippen LogP contribution in [0.2, 0.25) is 0 Å². The van der Waals surface area contributed by atoms with Crippen molar-refractivity contribution < 1.29 is 24.2 Å². The van der Waals surface area contributed by atoms with Crippen LogP contribution in [0.1, 0.15) is 92.5 Å². The van der Waals surface area contributed by atoms with Crippen LogP contribution in [0.5, 0.6) is 0 Å². The van der Waals surface area contributed by atoms with Crippen molar-refractivity contribution in [3.63, 3.8) is 0 Å². The second-order valence-electron chi connectivity index (χ2n) is 11.5. The Balaban J connectivity index is 1.79. The zero-order valence-electron chi connectivity index (χ0n) is 24.0. The Morgan fingerprint density at radius 1 is 1.08 bits per heavy atom. The predicted molar refractivity (Wildman–Crippen MR) is 147 cm³/mol. The van der Waals surface area contributed by atoms with Crippen molar-refractivity contribution >= 4 is 17.9 Å². The van der Waals surface area contributed by atoms with Gasteiger partial charge in [-0.2, -0.15) is 0 Å². The van der Waals surface area contributed by atoms with Gasteiger partial charge in [0, 0.05) is 19.6 Å². The van der Waals surface area contributed by atoms with Crippen molar-refractivity contribution in [1.82, 2.24) is 25.3 Å². The molecule has 1 aliphatic rings. The largest absolute Gasteiger partial charge is 0.444 e. The maximum absolute atomic E-state index is 13.5. The third-order valence-corrected chi connectivity index (χ3v) is 6.67. The van der Waals surface area contributed by atoms with Crippen LogP contribution in [0.15, 0.2) is 36.4 Å². The van der Waals surface area contributed by atoms with Crippen LogP contribution in [0.25, 0.3) is 0 Å². The van der Waals surface area contributed by atoms with Crippen molar-refractivity contribution in [2.45, 2.75) is 72.1 Å². The van der Waals surface area contributed by atoms with E-state index in [-0.39, 0.29) is 47.9 Å². The van der Waals surface area contributed by atoms with Gasteiger partial charge in [0.1, 0.15) is 5.60 Å². The summed E-state index contributed by atoms with van der Waals surface area (Å²) < 4.78 is 5.59. The van der Waals surface area contributed by atoms with Gasteiger partial charge in [-0.05, 0) is 49.8 Å². The molecule has 1 fully saturated rings. The topological polar surface area (TPSA) is 125 Å². The summed E-state index contributed by atoms with van der Waals surface area (Å²) in [4.78, 5) is 42.8. The highest BCUT2D eigenvalue weighted by atomic mass is 16.6. The molecular weight excluding hydrogens is 498 g/mol. The zero-order chi connectivity index (χ0) is 28.9. The van der Waals surface area contributed by atoms with Gasteiger partial charge >= 0.3 is 6.09 Å². The van der Waals surface area contributed by atoms with E-state index in [2.05, 4.69) is 15.5 Å². The van der Waals surface area contributed by atoms with Gasteiger partial charge in [0.05, 0.1) is 18.7 Å². The normalized spacial score (nSPS) is 16.8. The number of nitrogens with one attached hydrogen (secondary N) is 1. The summed E-state index contributed by atoms with van der Waals surface area (Å²) in [5, 5.41) is 21.0. The van der Waals surface area contributed by atoms with E-state index >= 15 is 0 Å². The molecule has 2 atom stereocenters. The van der Waals surface area contributed by atoms with Gasteiger partial charge in [-0.25, -0.2) is 4.79 Å². The van der Waals surface area contributed by atoms with Crippen molar-refractivity contribution in [2.75, 3.05) is 26.2 Å². The molecule has 1 aliphatic heterocycles. The number of rotatable bonds is 7. The average molecular weight is 540 g/mol. The van der Waals surface area contributed by atoms with Gasteiger partial charge in [0.25, 0.3) is 11.8 Å². The molecule has 0 bridgehead atoms. The van der Waals surface area contributed by atoms with Gasteiger partial charge in [0.15, 0.2) is 11.4 Å². The Hall–Kier alpha value is -3.53. The third-order valence-electron chi connectivity index (χ3n) is 6.67. The molecule has 10 heteroatoms. The molecular formula is C29H41N5O5. The number of carbonyl (C=O) groups is 3. The summed E-state index contributed by atoms with van der Waals surface area (Å²) in [5.74, 6) is -0.785. The summed E-state index contributed by atoms with van der Waals surface area (Å²) >= 11 is 0. The molecule has 3 amide bonds. The Bertz CT molecular complexity index is 1160. The fraction of sp³-hybridized carbons (Fsp3) is 0.552.